The molecule has 10 heteroatoms. The number of rotatable bonds is 8. The summed E-state index contributed by atoms with van der Waals surface area (Å²) in [4.78, 5) is -0.132. The minimum absolute atomic E-state index is 0.0146. The van der Waals surface area contributed by atoms with Crippen LogP contribution in [0.25, 0.3) is 11.3 Å². The first-order valence-corrected chi connectivity index (χ1v) is 10.3. The molecule has 1 aromatic heterocycles. The third-order valence-corrected chi connectivity index (χ3v) is 5.62. The molecule has 152 valence electrons. The van der Waals surface area contributed by atoms with Crippen molar-refractivity contribution in [2.75, 3.05) is 20.3 Å². The van der Waals surface area contributed by atoms with Crippen molar-refractivity contribution < 1.29 is 22.3 Å². The molecule has 3 aromatic rings. The van der Waals surface area contributed by atoms with Crippen molar-refractivity contribution in [3.05, 3.63) is 65.4 Å². The fraction of sp³-hybridized carbons (Fsp3) is 0.158. The van der Waals surface area contributed by atoms with Crippen molar-refractivity contribution in [1.29, 1.82) is 0 Å². The number of nitrogens with zero attached hydrogens (tertiary/aromatic N) is 2. The number of ether oxygens (including phenoxy) is 2. The Hall–Kier alpha value is -2.75. The molecule has 0 saturated carbocycles. The summed E-state index contributed by atoms with van der Waals surface area (Å²) in [6, 6.07) is 13.9. The second-order valence-corrected chi connectivity index (χ2v) is 7.98. The highest BCUT2D eigenvalue weighted by Gasteiger charge is 2.15. The average molecular weight is 438 g/mol. The van der Waals surface area contributed by atoms with Crippen molar-refractivity contribution in [1.82, 2.24) is 14.9 Å². The van der Waals surface area contributed by atoms with Crippen LogP contribution >= 0.6 is 11.6 Å². The van der Waals surface area contributed by atoms with E-state index >= 15 is 0 Å². The van der Waals surface area contributed by atoms with Crippen LogP contribution < -0.4 is 14.2 Å². The number of hydrogen-bond acceptors (Lipinski definition) is 6. The van der Waals surface area contributed by atoms with E-state index < -0.39 is 15.8 Å². The van der Waals surface area contributed by atoms with Gasteiger partial charge in [0.05, 0.1) is 22.7 Å². The molecule has 0 aliphatic heterocycles. The lowest BCUT2D eigenvalue weighted by molar-refractivity contribution is 0.307. The summed E-state index contributed by atoms with van der Waals surface area (Å²) >= 11 is 5.62. The van der Waals surface area contributed by atoms with Crippen molar-refractivity contribution in [2.45, 2.75) is 4.90 Å². The van der Waals surface area contributed by atoms with Crippen molar-refractivity contribution in [2.24, 2.45) is 0 Å². The first-order valence-electron chi connectivity index (χ1n) is 8.45. The van der Waals surface area contributed by atoms with E-state index in [-0.39, 0.29) is 28.9 Å². The van der Waals surface area contributed by atoms with Crippen molar-refractivity contribution >= 4 is 21.6 Å². The maximum atomic E-state index is 13.2. The third-order valence-electron chi connectivity index (χ3n) is 3.87. The summed E-state index contributed by atoms with van der Waals surface area (Å²) in [5, 5.41) is 7.80. The summed E-state index contributed by atoms with van der Waals surface area (Å²) in [6.07, 6.45) is 0. The normalized spacial score (nSPS) is 11.3. The lowest BCUT2D eigenvalue weighted by atomic mass is 10.1. The molecule has 0 fully saturated rings. The molecule has 0 aliphatic carbocycles. The summed E-state index contributed by atoms with van der Waals surface area (Å²) in [5.74, 6) is 0.309. The van der Waals surface area contributed by atoms with Crippen molar-refractivity contribution in [3.63, 3.8) is 0 Å². The van der Waals surface area contributed by atoms with E-state index in [4.69, 9.17) is 21.1 Å². The van der Waals surface area contributed by atoms with Gasteiger partial charge in [0.25, 0.3) is 0 Å². The zero-order chi connectivity index (χ0) is 20.9. The van der Waals surface area contributed by atoms with E-state index in [0.29, 0.717) is 5.69 Å². The molecule has 0 unspecified atom stereocenters. The first kappa shape index (κ1) is 21.0. The van der Waals surface area contributed by atoms with Gasteiger partial charge in [-0.1, -0.05) is 11.6 Å². The van der Waals surface area contributed by atoms with Crippen LogP contribution in [0.1, 0.15) is 0 Å². The molecule has 2 aromatic carbocycles. The number of hydrogen-bond donors (Lipinski definition) is 1. The Kier molecular flexibility index (Phi) is 6.63. The average Bonchev–Trinajstić information content (AvgIpc) is 2.73. The number of sulfonamides is 1. The second kappa shape index (κ2) is 9.17. The fourth-order valence-corrected chi connectivity index (χ4v) is 3.66. The molecule has 0 saturated heterocycles. The van der Waals surface area contributed by atoms with Gasteiger partial charge in [0.2, 0.25) is 15.9 Å². The van der Waals surface area contributed by atoms with Crippen LogP contribution in [-0.4, -0.2) is 38.9 Å². The molecule has 29 heavy (non-hydrogen) atoms. The predicted octanol–water partition coefficient (Wildman–Crippen LogP) is 3.30. The zero-order valence-electron chi connectivity index (χ0n) is 15.3. The molecule has 0 amide bonds. The van der Waals surface area contributed by atoms with E-state index in [9.17, 15) is 12.8 Å². The highest BCUT2D eigenvalue weighted by molar-refractivity contribution is 7.89. The molecule has 0 aliphatic rings. The summed E-state index contributed by atoms with van der Waals surface area (Å²) in [7, 11) is -2.24. The quantitative estimate of drug-likeness (QED) is 0.544. The van der Waals surface area contributed by atoms with Gasteiger partial charge in [-0.05, 0) is 48.5 Å². The number of benzene rings is 2. The molecule has 0 radical (unpaired) electrons. The Balaban J connectivity index is 1.53. The lowest BCUT2D eigenvalue weighted by Gasteiger charge is -2.09. The summed E-state index contributed by atoms with van der Waals surface area (Å²) in [5.41, 5.74) is 1.53. The number of methoxy groups -OCH3 is 1. The molecule has 1 heterocycles. The van der Waals surface area contributed by atoms with Crippen LogP contribution in [0.15, 0.2) is 59.5 Å². The van der Waals surface area contributed by atoms with Gasteiger partial charge < -0.3 is 9.47 Å². The van der Waals surface area contributed by atoms with Crippen LogP contribution in [0, 0.1) is 5.82 Å². The molecule has 1 N–H and O–H groups in total. The van der Waals surface area contributed by atoms with Crippen LogP contribution in [0.2, 0.25) is 5.02 Å². The minimum Gasteiger partial charge on any atom is -0.497 e. The number of aromatic nitrogens is 2. The predicted molar refractivity (Wildman–Crippen MR) is 106 cm³/mol. The largest absolute Gasteiger partial charge is 0.497 e. The highest BCUT2D eigenvalue weighted by atomic mass is 35.5. The molecular formula is C19H17ClFN3O4S. The smallest absolute Gasteiger partial charge is 0.240 e. The maximum absolute atomic E-state index is 13.2. The molecule has 0 bridgehead atoms. The van der Waals surface area contributed by atoms with E-state index in [1.807, 2.05) is 24.3 Å². The topological polar surface area (TPSA) is 90.4 Å². The first-order chi connectivity index (χ1) is 13.9. The van der Waals surface area contributed by atoms with Crippen LogP contribution in [0.5, 0.6) is 11.6 Å². The van der Waals surface area contributed by atoms with Gasteiger partial charge >= 0.3 is 0 Å². The van der Waals surface area contributed by atoms with Gasteiger partial charge in [-0.2, -0.15) is 0 Å². The van der Waals surface area contributed by atoms with Gasteiger partial charge in [-0.25, -0.2) is 17.5 Å². The van der Waals surface area contributed by atoms with E-state index in [0.717, 1.165) is 29.5 Å². The van der Waals surface area contributed by atoms with E-state index in [1.54, 1.807) is 19.2 Å². The Labute approximate surface area is 172 Å². The van der Waals surface area contributed by atoms with Gasteiger partial charge in [0, 0.05) is 18.2 Å². The van der Waals surface area contributed by atoms with Crippen LogP contribution in [0.3, 0.4) is 0 Å². The molecule has 0 spiro atoms. The monoisotopic (exact) mass is 437 g/mol. The molecular weight excluding hydrogens is 421 g/mol. The summed E-state index contributed by atoms with van der Waals surface area (Å²) < 4.78 is 50.4. The van der Waals surface area contributed by atoms with Crippen molar-refractivity contribution in [3.8, 4) is 22.9 Å². The summed E-state index contributed by atoms with van der Waals surface area (Å²) in [6.45, 7) is 0.0178. The lowest BCUT2D eigenvalue weighted by Crippen LogP contribution is -2.28. The Morgan fingerprint density at radius 2 is 1.83 bits per heavy atom. The Morgan fingerprint density at radius 3 is 2.45 bits per heavy atom. The van der Waals surface area contributed by atoms with Gasteiger partial charge in [-0.15, -0.1) is 10.2 Å². The van der Waals surface area contributed by atoms with Gasteiger partial charge in [0.1, 0.15) is 18.2 Å². The number of nitrogens with one attached hydrogen (secondary N) is 1. The number of halogens is 2. The minimum atomic E-state index is -3.83. The van der Waals surface area contributed by atoms with Gasteiger partial charge in [0.15, 0.2) is 0 Å². The molecule has 0 atom stereocenters. The maximum Gasteiger partial charge on any atom is 0.240 e. The second-order valence-electron chi connectivity index (χ2n) is 5.81. The highest BCUT2D eigenvalue weighted by Crippen LogP contribution is 2.21. The zero-order valence-corrected chi connectivity index (χ0v) is 16.9. The van der Waals surface area contributed by atoms with E-state index in [1.165, 1.54) is 0 Å². The van der Waals surface area contributed by atoms with Gasteiger partial charge in [-0.3, -0.25) is 0 Å². The molecule has 7 nitrogen and oxygen atoms in total. The standard InChI is InChI=1S/C19H17ClFN3O4S/c1-27-14-4-2-13(3-5-14)18-8-9-19(24-23-18)28-11-10-22-29(25,26)15-6-7-17(21)16(20)12-15/h2-9,12,22H,10-11H2,1H3. The SMILES string of the molecule is COc1ccc(-c2ccc(OCCNS(=O)(=O)c3ccc(F)c(Cl)c3)nn2)cc1. The Bertz CT molecular complexity index is 1080. The third kappa shape index (κ3) is 5.41. The van der Waals surface area contributed by atoms with Crippen LogP contribution in [0.4, 0.5) is 4.39 Å². The molecule has 3 rings (SSSR count). The van der Waals surface area contributed by atoms with E-state index in [2.05, 4.69) is 14.9 Å². The Morgan fingerprint density at radius 1 is 1.07 bits per heavy atom. The van der Waals surface area contributed by atoms with Crippen LogP contribution in [-0.2, 0) is 10.0 Å². The fourth-order valence-electron chi connectivity index (χ4n) is 2.37.